The molecule has 1 saturated carbocycles. The van der Waals surface area contributed by atoms with E-state index >= 15 is 0 Å². The number of thiophene rings is 1. The number of nitrogens with one attached hydrogen (secondary N) is 4. The molecule has 1 fully saturated rings. The number of pyridine rings is 1. The molecular weight excluding hydrogens is 514 g/mol. The van der Waals surface area contributed by atoms with Crippen molar-refractivity contribution in [3.05, 3.63) is 42.4 Å². The fraction of sp³-hybridized carbons (Fsp3) is 0.444. The van der Waals surface area contributed by atoms with Crippen LogP contribution in [0.3, 0.4) is 0 Å². The molecule has 0 spiro atoms. The summed E-state index contributed by atoms with van der Waals surface area (Å²) >= 11 is 3.33. The summed E-state index contributed by atoms with van der Waals surface area (Å²) in [6.07, 6.45) is 9.75. The normalized spacial score (nSPS) is 19.7. The van der Waals surface area contributed by atoms with E-state index in [0.717, 1.165) is 68.9 Å². The van der Waals surface area contributed by atoms with Crippen molar-refractivity contribution in [2.24, 2.45) is 5.92 Å². The number of aromatic amines is 1. The zero-order valence-corrected chi connectivity index (χ0v) is 23.3. The van der Waals surface area contributed by atoms with Crippen molar-refractivity contribution in [1.82, 2.24) is 30.5 Å². The number of nitrogens with zero attached hydrogens (tertiary/aromatic N) is 5. The number of H-pyrrole nitrogens is 1. The number of rotatable bonds is 10. The Kier molecular flexibility index (Phi) is 8.73. The van der Waals surface area contributed by atoms with E-state index in [9.17, 15) is 0 Å². The highest BCUT2D eigenvalue weighted by Gasteiger charge is 2.26. The highest BCUT2D eigenvalue weighted by atomic mass is 32.2. The van der Waals surface area contributed by atoms with Crippen LogP contribution in [0.4, 0.5) is 17.6 Å². The monoisotopic (exact) mass is 547 g/mol. The molecule has 11 heteroatoms. The zero-order chi connectivity index (χ0) is 26.3. The van der Waals surface area contributed by atoms with Crippen molar-refractivity contribution < 1.29 is 0 Å². The lowest BCUT2D eigenvalue weighted by atomic mass is 9.96. The number of aromatic nitrogens is 5. The molecule has 1 aliphatic rings. The maximum Gasteiger partial charge on any atom is 0.226 e. The van der Waals surface area contributed by atoms with Crippen LogP contribution in [-0.4, -0.2) is 43.8 Å². The van der Waals surface area contributed by atoms with Gasteiger partial charge in [0.15, 0.2) is 5.82 Å². The van der Waals surface area contributed by atoms with Crippen molar-refractivity contribution >= 4 is 50.9 Å². The summed E-state index contributed by atoms with van der Waals surface area (Å²) in [6, 6.07) is 11.0. The largest absolute Gasteiger partial charge is 0.351 e. The summed E-state index contributed by atoms with van der Waals surface area (Å²) in [4.78, 5) is 16.1. The molecule has 0 bridgehead atoms. The van der Waals surface area contributed by atoms with Crippen molar-refractivity contribution in [1.29, 1.82) is 5.26 Å². The zero-order valence-electron chi connectivity index (χ0n) is 21.7. The summed E-state index contributed by atoms with van der Waals surface area (Å²) < 4.78 is 1.13. The van der Waals surface area contributed by atoms with Crippen LogP contribution in [0.5, 0.6) is 0 Å². The molecule has 4 heterocycles. The van der Waals surface area contributed by atoms with E-state index in [0.29, 0.717) is 24.3 Å². The van der Waals surface area contributed by atoms with E-state index in [-0.39, 0.29) is 6.04 Å². The van der Waals surface area contributed by atoms with Gasteiger partial charge in [0.2, 0.25) is 5.95 Å². The average Bonchev–Trinajstić information content (AvgIpc) is 3.45. The quantitative estimate of drug-likeness (QED) is 0.134. The summed E-state index contributed by atoms with van der Waals surface area (Å²) in [5, 5.41) is 27.9. The van der Waals surface area contributed by atoms with Gasteiger partial charge in [0.25, 0.3) is 0 Å². The second-order valence-electron chi connectivity index (χ2n) is 9.76. The molecule has 4 aromatic heterocycles. The molecule has 0 saturated heterocycles. The highest BCUT2D eigenvalue weighted by Crippen LogP contribution is 2.39. The van der Waals surface area contributed by atoms with E-state index in [4.69, 9.17) is 15.2 Å². The Bertz CT molecular complexity index is 1380. The Labute approximate surface area is 231 Å². The predicted octanol–water partition coefficient (Wildman–Crippen LogP) is 6.27. The van der Waals surface area contributed by atoms with Crippen LogP contribution in [0.25, 0.3) is 10.2 Å². The second kappa shape index (κ2) is 12.6. The number of hydrogen-bond donors (Lipinski definition) is 4. The lowest BCUT2D eigenvalue weighted by Crippen LogP contribution is -2.34. The van der Waals surface area contributed by atoms with Gasteiger partial charge >= 0.3 is 0 Å². The van der Waals surface area contributed by atoms with Crippen LogP contribution in [0.2, 0.25) is 0 Å². The molecule has 9 nitrogen and oxygen atoms in total. The standard InChI is InChI=1S/C27H33N9S2/c1-3-18-7-8-19(30-11-5-9-28)14-20(13-18)31-27-33-25(32-23-12-17(2)35-36-23)22-15-24(38-26(22)34-27)37-21-6-4-10-29-16-21/h4,6,10,12,15-16,18-20,30H,3,5,7-8,11,13-14H2,1-2H3,(H3,31,32,33,34,35,36). The Balaban J connectivity index is 1.42. The van der Waals surface area contributed by atoms with Gasteiger partial charge in [-0.2, -0.15) is 15.3 Å². The molecule has 1 aliphatic carbocycles. The highest BCUT2D eigenvalue weighted by molar-refractivity contribution is 8.01. The molecule has 3 unspecified atom stereocenters. The summed E-state index contributed by atoms with van der Waals surface area (Å²) in [6.45, 7) is 4.98. The molecule has 38 heavy (non-hydrogen) atoms. The first kappa shape index (κ1) is 26.4. The first-order valence-electron chi connectivity index (χ1n) is 13.1. The van der Waals surface area contributed by atoms with Crippen LogP contribution in [0, 0.1) is 24.2 Å². The van der Waals surface area contributed by atoms with Gasteiger partial charge in [-0.25, -0.2) is 4.98 Å². The summed E-state index contributed by atoms with van der Waals surface area (Å²) in [7, 11) is 0. The van der Waals surface area contributed by atoms with Gasteiger partial charge in [-0.3, -0.25) is 10.1 Å². The Morgan fingerprint density at radius 1 is 1.21 bits per heavy atom. The molecule has 0 radical (unpaired) electrons. The van der Waals surface area contributed by atoms with Crippen LogP contribution >= 0.6 is 23.1 Å². The molecular formula is C27H33N9S2. The first-order valence-corrected chi connectivity index (χ1v) is 14.8. The topological polar surface area (TPSA) is 127 Å². The second-order valence-corrected chi connectivity index (χ2v) is 12.2. The number of fused-ring (bicyclic) bond motifs is 1. The van der Waals surface area contributed by atoms with Crippen LogP contribution in [-0.2, 0) is 0 Å². The number of aryl methyl sites for hydroxylation is 1. The molecule has 0 aliphatic heterocycles. The first-order chi connectivity index (χ1) is 18.6. The van der Waals surface area contributed by atoms with E-state index in [1.165, 1.54) is 6.42 Å². The third kappa shape index (κ3) is 6.81. The van der Waals surface area contributed by atoms with E-state index < -0.39 is 0 Å². The minimum atomic E-state index is 0.254. The average molecular weight is 548 g/mol. The van der Waals surface area contributed by atoms with Crippen LogP contribution < -0.4 is 16.0 Å². The van der Waals surface area contributed by atoms with Crippen molar-refractivity contribution in [3.63, 3.8) is 0 Å². The fourth-order valence-electron chi connectivity index (χ4n) is 4.94. The SMILES string of the molecule is CCC1CCC(NCCC#N)CC(Nc2nc(Nc3cc(C)[nH]n3)c3cc(Sc4cccnc4)sc3n2)C1. The summed E-state index contributed by atoms with van der Waals surface area (Å²) in [5.74, 6) is 2.75. The van der Waals surface area contributed by atoms with Crippen molar-refractivity contribution in [2.45, 2.75) is 73.6 Å². The van der Waals surface area contributed by atoms with E-state index in [1.807, 2.05) is 25.3 Å². The van der Waals surface area contributed by atoms with Gasteiger partial charge in [0.05, 0.1) is 15.7 Å². The summed E-state index contributed by atoms with van der Waals surface area (Å²) in [5.41, 5.74) is 0.980. The Hall–Kier alpha value is -3.20. The fourth-order valence-corrected chi connectivity index (χ4v) is 7.07. The molecule has 5 rings (SSSR count). The lowest BCUT2D eigenvalue weighted by molar-refractivity contribution is 0.425. The van der Waals surface area contributed by atoms with E-state index in [2.05, 4.69) is 56.3 Å². The Morgan fingerprint density at radius 2 is 2.13 bits per heavy atom. The minimum Gasteiger partial charge on any atom is -0.351 e. The van der Waals surface area contributed by atoms with Crippen molar-refractivity contribution in [2.75, 3.05) is 17.2 Å². The maximum atomic E-state index is 8.95. The molecule has 3 atom stereocenters. The van der Waals surface area contributed by atoms with Gasteiger partial charge < -0.3 is 16.0 Å². The number of anilines is 3. The Morgan fingerprint density at radius 3 is 2.89 bits per heavy atom. The van der Waals surface area contributed by atoms with Gasteiger partial charge in [0, 0.05) is 54.1 Å². The van der Waals surface area contributed by atoms with Gasteiger partial charge in [-0.15, -0.1) is 11.3 Å². The lowest BCUT2D eigenvalue weighted by Gasteiger charge is -2.23. The molecule has 198 valence electrons. The third-order valence-corrected chi connectivity index (χ3v) is 8.99. The smallest absolute Gasteiger partial charge is 0.226 e. The number of nitriles is 1. The third-order valence-electron chi connectivity index (χ3n) is 6.87. The number of hydrogen-bond acceptors (Lipinski definition) is 10. The molecule has 4 N–H and O–H groups in total. The van der Waals surface area contributed by atoms with Gasteiger partial charge in [-0.1, -0.05) is 25.1 Å². The van der Waals surface area contributed by atoms with Crippen LogP contribution in [0.15, 0.2) is 45.8 Å². The molecule has 4 aromatic rings. The molecule has 0 aromatic carbocycles. The minimum absolute atomic E-state index is 0.254. The van der Waals surface area contributed by atoms with E-state index in [1.54, 1.807) is 29.3 Å². The van der Waals surface area contributed by atoms with Gasteiger partial charge in [0.1, 0.15) is 10.6 Å². The molecule has 0 amide bonds. The van der Waals surface area contributed by atoms with Gasteiger partial charge in [-0.05, 0) is 56.7 Å². The maximum absolute atomic E-state index is 8.95. The van der Waals surface area contributed by atoms with Crippen LogP contribution in [0.1, 0.15) is 51.1 Å². The predicted molar refractivity (Wildman–Crippen MR) is 154 cm³/mol. The van der Waals surface area contributed by atoms with Crippen molar-refractivity contribution in [3.8, 4) is 6.07 Å².